The lowest BCUT2D eigenvalue weighted by Crippen LogP contribution is -2.33. The summed E-state index contributed by atoms with van der Waals surface area (Å²) in [6, 6.07) is 13.6. The fourth-order valence-electron chi connectivity index (χ4n) is 2.24. The highest BCUT2D eigenvalue weighted by Gasteiger charge is 2.11. The molecule has 0 aromatic heterocycles. The summed E-state index contributed by atoms with van der Waals surface area (Å²) in [7, 11) is 6.54. The van der Waals surface area contributed by atoms with Gasteiger partial charge in [-0.3, -0.25) is 0 Å². The zero-order chi connectivity index (χ0) is 18.9. The second-order valence-electron chi connectivity index (χ2n) is 5.36. The smallest absolute Gasteiger partial charge is 0.189 e. The van der Waals surface area contributed by atoms with Crippen molar-refractivity contribution in [1.82, 2.24) is 10.3 Å². The highest BCUT2D eigenvalue weighted by atomic mass is 32.1. The van der Waals surface area contributed by atoms with Crippen LogP contribution in [0.2, 0.25) is 0 Å². The van der Waals surface area contributed by atoms with Crippen molar-refractivity contribution in [2.75, 3.05) is 28.4 Å². The molecule has 0 bridgehead atoms. The Kier molecular flexibility index (Phi) is 7.23. The molecule has 0 fully saturated rings. The van der Waals surface area contributed by atoms with Crippen LogP contribution in [0.25, 0.3) is 0 Å². The maximum absolute atomic E-state index is 5.39. The molecule has 138 valence electrons. The van der Waals surface area contributed by atoms with E-state index in [1.807, 2.05) is 30.3 Å². The number of thiocarbonyl (C=S) groups is 1. The van der Waals surface area contributed by atoms with Crippen LogP contribution < -0.4 is 19.5 Å². The standard InChI is InChI=1S/C19H23N3O3S/c1-22(19(26)20-12-14-8-6-5-7-9-14)21-13-15-10-17(24-3)18(25-4)11-16(15)23-2/h5-11,13H,12H2,1-4H3,(H,20,26)/b21-13-. The van der Waals surface area contributed by atoms with Gasteiger partial charge in [0.2, 0.25) is 0 Å². The van der Waals surface area contributed by atoms with Gasteiger partial charge in [0.15, 0.2) is 16.6 Å². The van der Waals surface area contributed by atoms with Gasteiger partial charge in [-0.1, -0.05) is 30.3 Å². The van der Waals surface area contributed by atoms with Gasteiger partial charge in [-0.2, -0.15) is 5.10 Å². The van der Waals surface area contributed by atoms with Gasteiger partial charge in [0.1, 0.15) is 5.75 Å². The molecule has 0 spiro atoms. The van der Waals surface area contributed by atoms with E-state index < -0.39 is 0 Å². The Balaban J connectivity index is 2.06. The largest absolute Gasteiger partial charge is 0.496 e. The summed E-state index contributed by atoms with van der Waals surface area (Å²) >= 11 is 5.37. The van der Waals surface area contributed by atoms with Crippen molar-refractivity contribution in [3.8, 4) is 17.2 Å². The molecule has 0 atom stereocenters. The first kappa shape index (κ1) is 19.5. The highest BCUT2D eigenvalue weighted by molar-refractivity contribution is 7.80. The van der Waals surface area contributed by atoms with Crippen molar-refractivity contribution in [2.24, 2.45) is 5.10 Å². The first-order valence-corrected chi connectivity index (χ1v) is 8.39. The first-order chi connectivity index (χ1) is 12.6. The van der Waals surface area contributed by atoms with Gasteiger partial charge in [0.25, 0.3) is 0 Å². The van der Waals surface area contributed by atoms with Crippen LogP contribution in [0.1, 0.15) is 11.1 Å². The van der Waals surface area contributed by atoms with Crippen LogP contribution in [-0.2, 0) is 6.54 Å². The summed E-state index contributed by atoms with van der Waals surface area (Å²) in [5, 5.41) is 9.66. The van der Waals surface area contributed by atoms with E-state index in [0.717, 1.165) is 11.1 Å². The van der Waals surface area contributed by atoms with E-state index in [1.54, 1.807) is 51.7 Å². The quantitative estimate of drug-likeness (QED) is 0.457. The molecule has 0 saturated heterocycles. The molecule has 26 heavy (non-hydrogen) atoms. The van der Waals surface area contributed by atoms with Crippen LogP contribution in [0, 0.1) is 0 Å². The van der Waals surface area contributed by atoms with Gasteiger partial charge >= 0.3 is 0 Å². The van der Waals surface area contributed by atoms with E-state index in [1.165, 1.54) is 0 Å². The maximum atomic E-state index is 5.39. The molecule has 2 aromatic carbocycles. The Morgan fingerprint density at radius 3 is 2.27 bits per heavy atom. The van der Waals surface area contributed by atoms with E-state index in [-0.39, 0.29) is 0 Å². The number of benzene rings is 2. The van der Waals surface area contributed by atoms with Crippen LogP contribution in [0.15, 0.2) is 47.6 Å². The second kappa shape index (κ2) is 9.62. The molecule has 7 heteroatoms. The predicted octanol–water partition coefficient (Wildman–Crippen LogP) is 3.05. The van der Waals surface area contributed by atoms with Crippen LogP contribution >= 0.6 is 12.2 Å². The van der Waals surface area contributed by atoms with Crippen molar-refractivity contribution >= 4 is 23.5 Å². The minimum atomic E-state index is 0.518. The lowest BCUT2D eigenvalue weighted by molar-refractivity contribution is 0.349. The number of methoxy groups -OCH3 is 3. The van der Waals surface area contributed by atoms with Crippen molar-refractivity contribution in [2.45, 2.75) is 6.54 Å². The van der Waals surface area contributed by atoms with E-state index in [0.29, 0.717) is 28.9 Å². The molecule has 0 heterocycles. The average molecular weight is 373 g/mol. The van der Waals surface area contributed by atoms with Gasteiger partial charge in [-0.25, -0.2) is 5.01 Å². The monoisotopic (exact) mass is 373 g/mol. The molecular weight excluding hydrogens is 350 g/mol. The number of hydrogen-bond acceptors (Lipinski definition) is 5. The van der Waals surface area contributed by atoms with Crippen LogP contribution in [0.3, 0.4) is 0 Å². The Morgan fingerprint density at radius 2 is 1.65 bits per heavy atom. The van der Waals surface area contributed by atoms with E-state index >= 15 is 0 Å². The Bertz CT molecular complexity index is 766. The predicted molar refractivity (Wildman–Crippen MR) is 107 cm³/mol. The lowest BCUT2D eigenvalue weighted by atomic mass is 10.2. The summed E-state index contributed by atoms with van der Waals surface area (Å²) in [5.74, 6) is 1.82. The summed E-state index contributed by atoms with van der Waals surface area (Å²) in [6.45, 7) is 0.638. The second-order valence-corrected chi connectivity index (χ2v) is 5.75. The van der Waals surface area contributed by atoms with Gasteiger partial charge in [0.05, 0.1) is 27.5 Å². The zero-order valence-corrected chi connectivity index (χ0v) is 16.2. The normalized spacial score (nSPS) is 10.5. The Hall–Kier alpha value is -2.80. The van der Waals surface area contributed by atoms with Gasteiger partial charge in [-0.15, -0.1) is 0 Å². The molecule has 2 aromatic rings. The molecule has 0 aliphatic rings. The SMILES string of the molecule is COc1cc(OC)c(OC)cc1/C=N\N(C)C(=S)NCc1ccccc1. The van der Waals surface area contributed by atoms with Crippen LogP contribution in [-0.4, -0.2) is 44.7 Å². The minimum Gasteiger partial charge on any atom is -0.496 e. The summed E-state index contributed by atoms with van der Waals surface area (Å²) in [6.07, 6.45) is 1.66. The molecule has 6 nitrogen and oxygen atoms in total. The first-order valence-electron chi connectivity index (χ1n) is 7.98. The summed E-state index contributed by atoms with van der Waals surface area (Å²) in [5.41, 5.74) is 1.90. The van der Waals surface area contributed by atoms with Crippen LogP contribution in [0.4, 0.5) is 0 Å². The Labute approximate surface area is 159 Å². The molecule has 2 rings (SSSR count). The van der Waals surface area contributed by atoms with Crippen molar-refractivity contribution in [3.63, 3.8) is 0 Å². The number of rotatable bonds is 7. The van der Waals surface area contributed by atoms with Crippen molar-refractivity contribution in [3.05, 3.63) is 53.6 Å². The lowest BCUT2D eigenvalue weighted by Gasteiger charge is -2.16. The van der Waals surface area contributed by atoms with E-state index in [2.05, 4.69) is 10.4 Å². The van der Waals surface area contributed by atoms with Gasteiger partial charge in [-0.05, 0) is 23.8 Å². The highest BCUT2D eigenvalue weighted by Crippen LogP contribution is 2.33. The molecule has 1 N–H and O–H groups in total. The fourth-order valence-corrected chi connectivity index (χ4v) is 2.36. The van der Waals surface area contributed by atoms with Gasteiger partial charge < -0.3 is 19.5 Å². The third kappa shape index (κ3) is 5.10. The topological polar surface area (TPSA) is 55.3 Å². The molecule has 0 saturated carbocycles. The number of hydrogen-bond donors (Lipinski definition) is 1. The zero-order valence-electron chi connectivity index (χ0n) is 15.4. The Morgan fingerprint density at radius 1 is 1.04 bits per heavy atom. The summed E-state index contributed by atoms with van der Waals surface area (Å²) in [4.78, 5) is 0. The summed E-state index contributed by atoms with van der Waals surface area (Å²) < 4.78 is 16.0. The molecule has 0 amide bonds. The van der Waals surface area contributed by atoms with Crippen molar-refractivity contribution in [1.29, 1.82) is 0 Å². The van der Waals surface area contributed by atoms with Crippen molar-refractivity contribution < 1.29 is 14.2 Å². The van der Waals surface area contributed by atoms with Gasteiger partial charge in [0, 0.05) is 25.2 Å². The molecule has 0 unspecified atom stereocenters. The maximum Gasteiger partial charge on any atom is 0.189 e. The minimum absolute atomic E-state index is 0.518. The molecule has 0 aliphatic carbocycles. The number of hydrazone groups is 1. The average Bonchev–Trinajstić information content (AvgIpc) is 2.70. The number of nitrogens with zero attached hydrogens (tertiary/aromatic N) is 2. The fraction of sp³-hybridized carbons (Fsp3) is 0.263. The number of nitrogens with one attached hydrogen (secondary N) is 1. The third-order valence-electron chi connectivity index (χ3n) is 3.69. The third-order valence-corrected chi connectivity index (χ3v) is 4.09. The molecule has 0 aliphatic heterocycles. The molecule has 0 radical (unpaired) electrons. The number of ether oxygens (including phenoxy) is 3. The van der Waals surface area contributed by atoms with E-state index in [9.17, 15) is 0 Å². The van der Waals surface area contributed by atoms with E-state index in [4.69, 9.17) is 26.4 Å². The molecular formula is C19H23N3O3S. The van der Waals surface area contributed by atoms with Crippen LogP contribution in [0.5, 0.6) is 17.2 Å².